The Hall–Kier alpha value is -2.01. The molecular formula is C10H6ClNO4. The molecule has 0 spiro atoms. The molecule has 2 rings (SSSR count). The van der Waals surface area contributed by atoms with Crippen molar-refractivity contribution in [1.82, 2.24) is 4.98 Å². The summed E-state index contributed by atoms with van der Waals surface area (Å²) in [4.78, 5) is 14.1. The van der Waals surface area contributed by atoms with E-state index in [0.29, 0.717) is 10.8 Å². The molecule has 0 atom stereocenters. The third kappa shape index (κ3) is 2.14. The predicted molar refractivity (Wildman–Crippen MR) is 55.0 cm³/mol. The first kappa shape index (κ1) is 10.5. The van der Waals surface area contributed by atoms with Gasteiger partial charge in [0, 0.05) is 0 Å². The number of para-hydroxylation sites is 1. The van der Waals surface area contributed by atoms with Gasteiger partial charge >= 0.3 is 12.0 Å². The lowest BCUT2D eigenvalue weighted by Gasteiger charge is -2.01. The number of carboxylic acids is 1. The molecular weight excluding hydrogens is 234 g/mol. The SMILES string of the molecule is O=C(O)c1coc(Oc2ccccc2Cl)n1. The van der Waals surface area contributed by atoms with Crippen molar-refractivity contribution in [3.05, 3.63) is 41.2 Å². The molecule has 2 aromatic rings. The smallest absolute Gasteiger partial charge is 0.399 e. The highest BCUT2D eigenvalue weighted by Gasteiger charge is 2.12. The molecule has 82 valence electrons. The van der Waals surface area contributed by atoms with E-state index in [-0.39, 0.29) is 11.8 Å². The van der Waals surface area contributed by atoms with E-state index in [4.69, 9.17) is 25.9 Å². The van der Waals surface area contributed by atoms with E-state index >= 15 is 0 Å². The number of benzene rings is 1. The minimum Gasteiger partial charge on any atom is -0.476 e. The van der Waals surface area contributed by atoms with Crippen molar-refractivity contribution in [2.24, 2.45) is 0 Å². The van der Waals surface area contributed by atoms with E-state index in [1.54, 1.807) is 24.3 Å². The largest absolute Gasteiger partial charge is 0.476 e. The van der Waals surface area contributed by atoms with E-state index in [1.807, 2.05) is 0 Å². The Morgan fingerprint density at radius 2 is 2.19 bits per heavy atom. The first-order valence-electron chi connectivity index (χ1n) is 4.28. The lowest BCUT2D eigenvalue weighted by Crippen LogP contribution is -1.95. The van der Waals surface area contributed by atoms with Crippen LogP contribution in [0.5, 0.6) is 11.8 Å². The van der Waals surface area contributed by atoms with E-state index in [9.17, 15) is 4.79 Å². The summed E-state index contributed by atoms with van der Waals surface area (Å²) in [5.41, 5.74) is -0.220. The molecule has 0 amide bonds. The van der Waals surface area contributed by atoms with Crippen molar-refractivity contribution in [2.45, 2.75) is 0 Å². The zero-order valence-corrected chi connectivity index (χ0v) is 8.64. The first-order valence-corrected chi connectivity index (χ1v) is 4.66. The van der Waals surface area contributed by atoms with Gasteiger partial charge in [0.05, 0.1) is 5.02 Å². The highest BCUT2D eigenvalue weighted by molar-refractivity contribution is 6.32. The second-order valence-corrected chi connectivity index (χ2v) is 3.24. The van der Waals surface area contributed by atoms with Crippen LogP contribution >= 0.6 is 11.6 Å². The molecule has 0 saturated carbocycles. The standard InChI is InChI=1S/C10H6ClNO4/c11-6-3-1-2-4-8(6)16-10-12-7(5-15-10)9(13)14/h1-5H,(H,13,14). The van der Waals surface area contributed by atoms with Gasteiger partial charge < -0.3 is 14.3 Å². The summed E-state index contributed by atoms with van der Waals surface area (Å²) in [6.07, 6.45) is 0.833. The van der Waals surface area contributed by atoms with Crippen molar-refractivity contribution in [2.75, 3.05) is 0 Å². The van der Waals surface area contributed by atoms with Gasteiger partial charge in [0.25, 0.3) is 0 Å². The number of ether oxygens (including phenoxy) is 1. The number of carboxylic acid groups (broad SMARTS) is 1. The summed E-state index contributed by atoms with van der Waals surface area (Å²) in [5, 5.41) is 9.00. The molecule has 16 heavy (non-hydrogen) atoms. The fraction of sp³-hybridized carbons (Fsp3) is 0. The fourth-order valence-corrected chi connectivity index (χ4v) is 1.20. The number of halogens is 1. The topological polar surface area (TPSA) is 72.6 Å². The maximum Gasteiger partial charge on any atom is 0.399 e. The van der Waals surface area contributed by atoms with Crippen LogP contribution in [-0.4, -0.2) is 16.1 Å². The van der Waals surface area contributed by atoms with Gasteiger partial charge in [0.2, 0.25) is 0 Å². The number of oxazole rings is 1. The average molecular weight is 240 g/mol. The van der Waals surface area contributed by atoms with Crippen LogP contribution in [0.15, 0.2) is 34.9 Å². The molecule has 6 heteroatoms. The lowest BCUT2D eigenvalue weighted by atomic mass is 10.3. The van der Waals surface area contributed by atoms with Crippen LogP contribution < -0.4 is 4.74 Å². The van der Waals surface area contributed by atoms with Gasteiger partial charge in [0.15, 0.2) is 11.4 Å². The molecule has 1 aromatic heterocycles. The van der Waals surface area contributed by atoms with Crippen LogP contribution in [0.3, 0.4) is 0 Å². The molecule has 1 N–H and O–H groups in total. The van der Waals surface area contributed by atoms with E-state index in [2.05, 4.69) is 4.98 Å². The van der Waals surface area contributed by atoms with Crippen LogP contribution in [-0.2, 0) is 0 Å². The fourth-order valence-electron chi connectivity index (χ4n) is 1.02. The molecule has 1 heterocycles. The Bertz CT molecular complexity index is 523. The number of aromatic carboxylic acids is 1. The minimum absolute atomic E-state index is 0.162. The summed E-state index contributed by atoms with van der Waals surface area (Å²) in [7, 11) is 0. The lowest BCUT2D eigenvalue weighted by molar-refractivity contribution is 0.0690. The second-order valence-electron chi connectivity index (χ2n) is 2.84. The van der Waals surface area contributed by atoms with Crippen LogP contribution in [0.4, 0.5) is 0 Å². The van der Waals surface area contributed by atoms with E-state index in [0.717, 1.165) is 6.26 Å². The Morgan fingerprint density at radius 3 is 2.81 bits per heavy atom. The zero-order chi connectivity index (χ0) is 11.5. The molecule has 1 aromatic carbocycles. The number of hydrogen-bond donors (Lipinski definition) is 1. The van der Waals surface area contributed by atoms with Crippen LogP contribution in [0.25, 0.3) is 0 Å². The molecule has 0 radical (unpaired) electrons. The summed E-state index contributed by atoms with van der Waals surface area (Å²) in [6.45, 7) is 0. The number of rotatable bonds is 3. The van der Waals surface area contributed by atoms with Crippen LogP contribution in [0.2, 0.25) is 5.02 Å². The predicted octanol–water partition coefficient (Wildman–Crippen LogP) is 2.82. The molecule has 0 saturated heterocycles. The molecule has 0 aliphatic carbocycles. The molecule has 0 unspecified atom stereocenters. The summed E-state index contributed by atoms with van der Waals surface area (Å²) < 4.78 is 9.98. The van der Waals surface area contributed by atoms with Gasteiger partial charge in [-0.1, -0.05) is 23.7 Å². The Kier molecular flexibility index (Phi) is 2.78. The van der Waals surface area contributed by atoms with Crippen LogP contribution in [0.1, 0.15) is 10.5 Å². The Morgan fingerprint density at radius 1 is 1.44 bits per heavy atom. The molecule has 0 aliphatic rings. The van der Waals surface area contributed by atoms with E-state index in [1.165, 1.54) is 0 Å². The zero-order valence-electron chi connectivity index (χ0n) is 7.88. The third-order valence-corrected chi connectivity index (χ3v) is 2.05. The van der Waals surface area contributed by atoms with Crippen molar-refractivity contribution < 1.29 is 19.1 Å². The Labute approximate surface area is 95.2 Å². The average Bonchev–Trinajstić information content (AvgIpc) is 2.70. The van der Waals surface area contributed by atoms with E-state index < -0.39 is 5.97 Å². The van der Waals surface area contributed by atoms with Gasteiger partial charge in [-0.2, -0.15) is 4.98 Å². The molecule has 0 bridgehead atoms. The molecule has 0 aliphatic heterocycles. The normalized spacial score (nSPS) is 10.1. The highest BCUT2D eigenvalue weighted by atomic mass is 35.5. The minimum atomic E-state index is -1.18. The maximum atomic E-state index is 10.5. The number of nitrogens with zero attached hydrogens (tertiary/aromatic N) is 1. The van der Waals surface area contributed by atoms with Crippen LogP contribution in [0, 0.1) is 0 Å². The maximum absolute atomic E-state index is 10.5. The van der Waals surface area contributed by atoms with Crippen molar-refractivity contribution >= 4 is 17.6 Å². The quantitative estimate of drug-likeness (QED) is 0.892. The molecule has 5 nitrogen and oxygen atoms in total. The van der Waals surface area contributed by atoms with Gasteiger partial charge in [-0.25, -0.2) is 4.79 Å². The van der Waals surface area contributed by atoms with Gasteiger partial charge in [-0.15, -0.1) is 0 Å². The number of aromatic nitrogens is 1. The summed E-state index contributed by atoms with van der Waals surface area (Å²) in [6, 6.07) is 6.72. The summed E-state index contributed by atoms with van der Waals surface area (Å²) in [5.74, 6) is -0.833. The first-order chi connectivity index (χ1) is 7.66. The third-order valence-electron chi connectivity index (χ3n) is 1.74. The Balaban J connectivity index is 2.21. The van der Waals surface area contributed by atoms with Crippen molar-refractivity contribution in [3.63, 3.8) is 0 Å². The van der Waals surface area contributed by atoms with Crippen molar-refractivity contribution in [1.29, 1.82) is 0 Å². The van der Waals surface area contributed by atoms with Crippen molar-refractivity contribution in [3.8, 4) is 11.8 Å². The number of hydrogen-bond acceptors (Lipinski definition) is 4. The van der Waals surface area contributed by atoms with Gasteiger partial charge in [-0.05, 0) is 12.1 Å². The second kappa shape index (κ2) is 4.24. The summed E-state index contributed by atoms with van der Waals surface area (Å²) >= 11 is 5.83. The monoisotopic (exact) mass is 239 g/mol. The number of carbonyl (C=O) groups is 1. The van der Waals surface area contributed by atoms with Gasteiger partial charge in [0.1, 0.15) is 6.26 Å². The highest BCUT2D eigenvalue weighted by Crippen LogP contribution is 2.28. The van der Waals surface area contributed by atoms with Gasteiger partial charge in [-0.3, -0.25) is 0 Å². The molecule has 0 fully saturated rings.